The van der Waals surface area contributed by atoms with Crippen molar-refractivity contribution < 1.29 is 15.0 Å². The van der Waals surface area contributed by atoms with Gasteiger partial charge in [-0.05, 0) is 124 Å². The van der Waals surface area contributed by atoms with Gasteiger partial charge >= 0.3 is 5.97 Å². The normalized spacial score (nSPS) is 52.9. The SMILES string of the molecule is C#C.C=CC.CC1CC[C@]2(C(=O)O)CC[C@]3(C)C(CCC4[C@@]5(C)CC[C@H](O)[C@](C)(N)C5CC[C@]43C)C12. The zero-order valence-corrected chi connectivity index (χ0v) is 23.9. The molecule has 4 N–H and O–H groups in total. The summed E-state index contributed by atoms with van der Waals surface area (Å²) in [6.07, 6.45) is 19.8. The van der Waals surface area contributed by atoms with Crippen LogP contribution in [0.1, 0.15) is 106 Å². The lowest BCUT2D eigenvalue weighted by molar-refractivity contribution is -0.239. The van der Waals surface area contributed by atoms with Crippen molar-refractivity contribution in [2.45, 2.75) is 117 Å². The molecule has 0 aliphatic heterocycles. The molecule has 4 heteroatoms. The summed E-state index contributed by atoms with van der Waals surface area (Å²) in [5.74, 6) is 1.84. The monoisotopic (exact) mass is 499 g/mol. The number of hydrogen-bond acceptors (Lipinski definition) is 3. The molecule has 0 aromatic rings. The highest BCUT2D eigenvalue weighted by Gasteiger charge is 2.71. The number of allylic oxidation sites excluding steroid dienone is 1. The van der Waals surface area contributed by atoms with Crippen LogP contribution in [-0.4, -0.2) is 27.8 Å². The Balaban J connectivity index is 0.000000674. The van der Waals surface area contributed by atoms with Crippen molar-refractivity contribution in [3.8, 4) is 12.8 Å². The third-order valence-corrected chi connectivity index (χ3v) is 12.9. The predicted molar refractivity (Wildman–Crippen MR) is 148 cm³/mol. The maximum Gasteiger partial charge on any atom is 0.309 e. The zero-order valence-electron chi connectivity index (χ0n) is 23.9. The molecule has 0 bridgehead atoms. The molecule has 5 rings (SSSR count). The summed E-state index contributed by atoms with van der Waals surface area (Å²) in [6.45, 7) is 17.3. The fourth-order valence-corrected chi connectivity index (χ4v) is 11.0. The van der Waals surface area contributed by atoms with Crippen LogP contribution in [0.4, 0.5) is 0 Å². The fraction of sp³-hybridized carbons (Fsp3) is 0.844. The van der Waals surface area contributed by atoms with Crippen LogP contribution >= 0.6 is 0 Å². The molecule has 4 nitrogen and oxygen atoms in total. The molecule has 5 saturated carbocycles. The third-order valence-electron chi connectivity index (χ3n) is 12.9. The van der Waals surface area contributed by atoms with Crippen LogP contribution in [-0.2, 0) is 4.79 Å². The molecule has 0 saturated heterocycles. The summed E-state index contributed by atoms with van der Waals surface area (Å²) in [7, 11) is 0. The molecule has 0 spiro atoms. The number of carbonyl (C=O) groups is 1. The maximum absolute atomic E-state index is 12.5. The number of aliphatic carboxylic acids is 1. The highest BCUT2D eigenvalue weighted by Crippen LogP contribution is 2.76. The molecular formula is C32H53NO3. The van der Waals surface area contributed by atoms with Gasteiger partial charge in [-0.2, -0.15) is 0 Å². The third kappa shape index (κ3) is 3.74. The van der Waals surface area contributed by atoms with Crippen molar-refractivity contribution in [2.24, 2.45) is 57.0 Å². The minimum Gasteiger partial charge on any atom is -0.481 e. The Kier molecular flexibility index (Phi) is 7.94. The number of rotatable bonds is 1. The number of aliphatic hydroxyl groups excluding tert-OH is 1. The van der Waals surface area contributed by atoms with Gasteiger partial charge in [0.1, 0.15) is 0 Å². The minimum atomic E-state index is -0.521. The molecule has 11 atom stereocenters. The first-order chi connectivity index (χ1) is 16.8. The smallest absolute Gasteiger partial charge is 0.309 e. The van der Waals surface area contributed by atoms with E-state index >= 15 is 0 Å². The molecule has 36 heavy (non-hydrogen) atoms. The van der Waals surface area contributed by atoms with Gasteiger partial charge in [0, 0.05) is 5.54 Å². The number of carboxylic acids is 1. The molecule has 5 aliphatic rings. The van der Waals surface area contributed by atoms with Crippen LogP contribution in [0, 0.1) is 64.1 Å². The Morgan fingerprint density at radius 2 is 1.53 bits per heavy atom. The number of terminal acetylenes is 1. The van der Waals surface area contributed by atoms with E-state index in [2.05, 4.69) is 54.0 Å². The quantitative estimate of drug-likeness (QED) is 0.278. The molecule has 5 aliphatic carbocycles. The van der Waals surface area contributed by atoms with Crippen LogP contribution in [0.15, 0.2) is 12.7 Å². The van der Waals surface area contributed by atoms with E-state index < -0.39 is 23.0 Å². The van der Waals surface area contributed by atoms with E-state index in [-0.39, 0.29) is 16.2 Å². The Hall–Kier alpha value is -1.31. The summed E-state index contributed by atoms with van der Waals surface area (Å²) in [4.78, 5) is 12.5. The number of hydrogen-bond donors (Lipinski definition) is 3. The summed E-state index contributed by atoms with van der Waals surface area (Å²) >= 11 is 0. The second-order valence-corrected chi connectivity index (χ2v) is 14.0. The van der Waals surface area contributed by atoms with Gasteiger partial charge in [-0.1, -0.05) is 33.8 Å². The molecule has 204 valence electrons. The van der Waals surface area contributed by atoms with Gasteiger partial charge in [-0.3, -0.25) is 4.79 Å². The molecule has 0 aromatic carbocycles. The number of fused-ring (bicyclic) bond motifs is 7. The van der Waals surface area contributed by atoms with Gasteiger partial charge in [0.15, 0.2) is 0 Å². The second kappa shape index (κ2) is 9.77. The highest BCUT2D eigenvalue weighted by atomic mass is 16.4. The Bertz CT molecular complexity index is 865. The first-order valence-electron chi connectivity index (χ1n) is 14.4. The van der Waals surface area contributed by atoms with Crippen molar-refractivity contribution >= 4 is 5.97 Å². The van der Waals surface area contributed by atoms with Gasteiger partial charge in [0.05, 0.1) is 11.5 Å². The lowest BCUT2D eigenvalue weighted by atomic mass is 9.33. The first kappa shape index (κ1) is 29.2. The van der Waals surface area contributed by atoms with Gasteiger partial charge in [0.2, 0.25) is 0 Å². The van der Waals surface area contributed by atoms with Crippen molar-refractivity contribution in [1.82, 2.24) is 0 Å². The zero-order chi connectivity index (χ0) is 27.3. The molecule has 5 unspecified atom stereocenters. The summed E-state index contributed by atoms with van der Waals surface area (Å²) in [5, 5.41) is 21.0. The minimum absolute atomic E-state index is 0.173. The molecule has 0 amide bonds. The van der Waals surface area contributed by atoms with Crippen molar-refractivity contribution in [3.63, 3.8) is 0 Å². The van der Waals surface area contributed by atoms with Crippen LogP contribution in [0.5, 0.6) is 0 Å². The first-order valence-corrected chi connectivity index (χ1v) is 14.4. The fourth-order valence-electron chi connectivity index (χ4n) is 11.0. The van der Waals surface area contributed by atoms with E-state index in [9.17, 15) is 15.0 Å². The lowest BCUT2D eigenvalue weighted by Gasteiger charge is -2.72. The lowest BCUT2D eigenvalue weighted by Crippen LogP contribution is -2.70. The predicted octanol–water partition coefficient (Wildman–Crippen LogP) is 6.67. The van der Waals surface area contributed by atoms with Crippen molar-refractivity contribution in [2.75, 3.05) is 0 Å². The highest BCUT2D eigenvalue weighted by molar-refractivity contribution is 5.76. The standard InChI is InChI=1S/C27H45NO3.C3H6.C2H2/c1-16-8-13-27(22(30)31)15-14-24(3)17(21(16)27)6-7-18-23(2)11-10-20(29)26(5,28)19(23)9-12-25(18,24)4;1-3-2;1-2/h16-21,29H,6-15,28H2,1-5H3,(H,30,31);3H,1H2,2H3;1-2H/t16?,17?,18?,19?,20-,21?,23+,24+,25+,26+,27-;;/m0../s1. The van der Waals surface area contributed by atoms with Gasteiger partial charge in [-0.15, -0.1) is 19.4 Å². The Morgan fingerprint density at radius 1 is 0.917 bits per heavy atom. The number of nitrogens with two attached hydrogens (primary N) is 1. The Morgan fingerprint density at radius 3 is 2.11 bits per heavy atom. The van der Waals surface area contributed by atoms with Crippen LogP contribution in [0.3, 0.4) is 0 Å². The molecule has 5 fully saturated rings. The Labute approximate surface area is 220 Å². The molecule has 0 aromatic heterocycles. The van der Waals surface area contributed by atoms with Crippen molar-refractivity contribution in [1.29, 1.82) is 0 Å². The maximum atomic E-state index is 12.5. The summed E-state index contributed by atoms with van der Waals surface area (Å²) in [5.41, 5.74) is 6.44. The van der Waals surface area contributed by atoms with Crippen LogP contribution < -0.4 is 5.73 Å². The van der Waals surface area contributed by atoms with E-state index in [1.165, 1.54) is 19.3 Å². The topological polar surface area (TPSA) is 83.5 Å². The van der Waals surface area contributed by atoms with Crippen LogP contribution in [0.25, 0.3) is 0 Å². The van der Waals surface area contributed by atoms with E-state index in [1.807, 2.05) is 6.92 Å². The summed E-state index contributed by atoms with van der Waals surface area (Å²) in [6, 6.07) is 0. The van der Waals surface area contributed by atoms with E-state index in [0.717, 1.165) is 44.9 Å². The van der Waals surface area contributed by atoms with E-state index in [4.69, 9.17) is 5.73 Å². The van der Waals surface area contributed by atoms with Gasteiger partial charge in [0.25, 0.3) is 0 Å². The van der Waals surface area contributed by atoms with E-state index in [0.29, 0.717) is 29.6 Å². The second-order valence-electron chi connectivity index (χ2n) is 14.0. The molecule has 0 heterocycles. The van der Waals surface area contributed by atoms with E-state index in [1.54, 1.807) is 6.08 Å². The number of aliphatic hydroxyl groups is 1. The number of carboxylic acid groups (broad SMARTS) is 1. The average Bonchev–Trinajstić information content (AvgIpc) is 3.17. The average molecular weight is 500 g/mol. The van der Waals surface area contributed by atoms with Crippen molar-refractivity contribution in [3.05, 3.63) is 12.7 Å². The largest absolute Gasteiger partial charge is 0.481 e. The summed E-state index contributed by atoms with van der Waals surface area (Å²) < 4.78 is 0. The van der Waals surface area contributed by atoms with Gasteiger partial charge in [-0.25, -0.2) is 0 Å². The molecule has 0 radical (unpaired) electrons. The van der Waals surface area contributed by atoms with Gasteiger partial charge < -0.3 is 15.9 Å². The van der Waals surface area contributed by atoms with Crippen LogP contribution in [0.2, 0.25) is 0 Å². The molecular weight excluding hydrogens is 446 g/mol.